The maximum absolute atomic E-state index is 12.4. The molecule has 1 aliphatic heterocycles. The lowest BCUT2D eigenvalue weighted by atomic mass is 10.1. The first-order chi connectivity index (χ1) is 13.5. The van der Waals surface area contributed by atoms with E-state index >= 15 is 0 Å². The number of morpholine rings is 1. The van der Waals surface area contributed by atoms with Crippen LogP contribution in [0.4, 0.5) is 5.00 Å². The summed E-state index contributed by atoms with van der Waals surface area (Å²) in [5.74, 6) is -1.61. The number of esters is 1. The summed E-state index contributed by atoms with van der Waals surface area (Å²) in [5.41, 5.74) is 6.24. The molecule has 1 saturated heterocycles. The van der Waals surface area contributed by atoms with Gasteiger partial charge in [-0.2, -0.15) is 0 Å². The second-order valence-electron chi connectivity index (χ2n) is 6.10. The topological polar surface area (TPSA) is 97.0 Å². The van der Waals surface area contributed by atoms with Crippen LogP contribution in [-0.4, -0.2) is 50.7 Å². The number of hydrogen-bond donors (Lipinski definition) is 2. The summed E-state index contributed by atoms with van der Waals surface area (Å²) in [4.78, 5) is 37.4. The molecule has 0 atom stereocenters. The first-order valence-electron chi connectivity index (χ1n) is 8.79. The van der Waals surface area contributed by atoms with Crippen LogP contribution in [0, 0.1) is 0 Å². The third-order valence-corrected chi connectivity index (χ3v) is 5.18. The van der Waals surface area contributed by atoms with Crippen LogP contribution in [0.25, 0.3) is 11.1 Å². The van der Waals surface area contributed by atoms with Crippen molar-refractivity contribution in [2.24, 2.45) is 0 Å². The van der Waals surface area contributed by atoms with Crippen LogP contribution >= 0.6 is 11.3 Å². The molecule has 0 unspecified atom stereocenters. The van der Waals surface area contributed by atoms with Crippen LogP contribution in [0.15, 0.2) is 36.4 Å². The lowest BCUT2D eigenvalue weighted by Crippen LogP contribution is -2.42. The molecule has 2 amide bonds. The Kier molecular flexibility index (Phi) is 6.62. The number of carbonyl (C=O) groups excluding carboxylic acids is 3. The Hall–Kier alpha value is -2.91. The van der Waals surface area contributed by atoms with Crippen LogP contribution in [0.3, 0.4) is 0 Å². The standard InChI is InChI=1S/C19H21N3O5S/c1-13(23)20-21-17(24)12-27-19(25)16-11-15(14-5-3-2-4-6-14)18(28-16)22-7-9-26-10-8-22/h2-6,11H,7-10,12H2,1H3,(H,20,23)(H,21,24). The molecule has 1 aromatic carbocycles. The molecule has 2 heterocycles. The van der Waals surface area contributed by atoms with Gasteiger partial charge in [-0.3, -0.25) is 20.4 Å². The zero-order valence-corrected chi connectivity index (χ0v) is 16.2. The van der Waals surface area contributed by atoms with E-state index in [9.17, 15) is 14.4 Å². The van der Waals surface area contributed by atoms with Crippen molar-refractivity contribution in [1.82, 2.24) is 10.9 Å². The van der Waals surface area contributed by atoms with Crippen molar-refractivity contribution in [3.05, 3.63) is 41.3 Å². The molecule has 0 spiro atoms. The Labute approximate surface area is 166 Å². The first kappa shape index (κ1) is 19.8. The number of thiophene rings is 1. The van der Waals surface area contributed by atoms with E-state index in [1.807, 2.05) is 30.3 Å². The fourth-order valence-electron chi connectivity index (χ4n) is 2.70. The van der Waals surface area contributed by atoms with Crippen LogP contribution < -0.4 is 15.8 Å². The normalized spacial score (nSPS) is 13.7. The van der Waals surface area contributed by atoms with Gasteiger partial charge in [0.25, 0.3) is 5.91 Å². The number of nitrogens with one attached hydrogen (secondary N) is 2. The van der Waals surface area contributed by atoms with E-state index in [0.717, 1.165) is 29.2 Å². The molecular formula is C19H21N3O5S. The molecule has 3 rings (SSSR count). The molecule has 1 aliphatic rings. The Morgan fingerprint density at radius 3 is 2.54 bits per heavy atom. The summed E-state index contributed by atoms with van der Waals surface area (Å²) >= 11 is 1.33. The average molecular weight is 403 g/mol. The molecule has 0 radical (unpaired) electrons. The van der Waals surface area contributed by atoms with E-state index in [2.05, 4.69) is 15.8 Å². The Morgan fingerprint density at radius 2 is 1.86 bits per heavy atom. The van der Waals surface area contributed by atoms with Gasteiger partial charge in [0.1, 0.15) is 4.88 Å². The predicted octanol–water partition coefficient (Wildman–Crippen LogP) is 1.58. The van der Waals surface area contributed by atoms with Gasteiger partial charge in [0.2, 0.25) is 5.91 Å². The summed E-state index contributed by atoms with van der Waals surface area (Å²) in [5, 5.41) is 0.976. The van der Waals surface area contributed by atoms with Gasteiger partial charge < -0.3 is 14.4 Å². The minimum atomic E-state index is -0.614. The molecule has 1 aromatic heterocycles. The number of nitrogens with zero attached hydrogens (tertiary/aromatic N) is 1. The van der Waals surface area contributed by atoms with E-state index in [0.29, 0.717) is 18.1 Å². The molecule has 8 nitrogen and oxygen atoms in total. The number of anilines is 1. The van der Waals surface area contributed by atoms with Crippen molar-refractivity contribution in [2.75, 3.05) is 37.8 Å². The zero-order valence-electron chi connectivity index (χ0n) is 15.4. The van der Waals surface area contributed by atoms with Gasteiger partial charge in [0, 0.05) is 25.6 Å². The fraction of sp³-hybridized carbons (Fsp3) is 0.316. The molecule has 0 bridgehead atoms. The highest BCUT2D eigenvalue weighted by molar-refractivity contribution is 7.18. The van der Waals surface area contributed by atoms with Crippen LogP contribution in [0.1, 0.15) is 16.6 Å². The van der Waals surface area contributed by atoms with Gasteiger partial charge in [-0.05, 0) is 11.6 Å². The lowest BCUT2D eigenvalue weighted by Gasteiger charge is -2.28. The first-order valence-corrected chi connectivity index (χ1v) is 9.60. The Morgan fingerprint density at radius 1 is 1.14 bits per heavy atom. The molecule has 0 aliphatic carbocycles. The summed E-state index contributed by atoms with van der Waals surface area (Å²) in [6.07, 6.45) is 0. The van der Waals surface area contributed by atoms with Gasteiger partial charge in [0.05, 0.1) is 18.2 Å². The summed E-state index contributed by atoms with van der Waals surface area (Å²) in [6, 6.07) is 11.6. The number of benzene rings is 1. The number of hydrogen-bond acceptors (Lipinski definition) is 7. The zero-order chi connectivity index (χ0) is 19.9. The van der Waals surface area contributed by atoms with Crippen molar-refractivity contribution >= 4 is 34.1 Å². The number of carbonyl (C=O) groups is 3. The van der Waals surface area contributed by atoms with E-state index < -0.39 is 24.4 Å². The minimum Gasteiger partial charge on any atom is -0.451 e. The smallest absolute Gasteiger partial charge is 0.348 e. The maximum atomic E-state index is 12.4. The highest BCUT2D eigenvalue weighted by atomic mass is 32.1. The van der Waals surface area contributed by atoms with Crippen LogP contribution in [0.5, 0.6) is 0 Å². The second-order valence-corrected chi connectivity index (χ2v) is 7.13. The predicted molar refractivity (Wildman–Crippen MR) is 105 cm³/mol. The lowest BCUT2D eigenvalue weighted by molar-refractivity contribution is -0.129. The minimum absolute atomic E-state index is 0.410. The monoisotopic (exact) mass is 403 g/mol. The van der Waals surface area contributed by atoms with Crippen molar-refractivity contribution in [3.63, 3.8) is 0 Å². The Bertz CT molecular complexity index is 847. The Balaban J connectivity index is 1.75. The van der Waals surface area contributed by atoms with Crippen molar-refractivity contribution in [3.8, 4) is 11.1 Å². The number of amides is 2. The van der Waals surface area contributed by atoms with Gasteiger partial charge in [-0.25, -0.2) is 4.79 Å². The van der Waals surface area contributed by atoms with Gasteiger partial charge in [0.15, 0.2) is 6.61 Å². The van der Waals surface area contributed by atoms with Crippen molar-refractivity contribution in [2.45, 2.75) is 6.92 Å². The number of hydrazine groups is 1. The maximum Gasteiger partial charge on any atom is 0.348 e. The molecule has 148 valence electrons. The molecule has 28 heavy (non-hydrogen) atoms. The third kappa shape index (κ3) is 5.08. The average Bonchev–Trinajstić information content (AvgIpc) is 3.17. The van der Waals surface area contributed by atoms with Gasteiger partial charge in [-0.1, -0.05) is 30.3 Å². The third-order valence-electron chi connectivity index (χ3n) is 4.01. The van der Waals surface area contributed by atoms with Crippen molar-refractivity contribution in [1.29, 1.82) is 0 Å². The van der Waals surface area contributed by atoms with E-state index in [-0.39, 0.29) is 0 Å². The summed E-state index contributed by atoms with van der Waals surface area (Å²) < 4.78 is 10.5. The van der Waals surface area contributed by atoms with E-state index in [4.69, 9.17) is 9.47 Å². The molecule has 9 heteroatoms. The highest BCUT2D eigenvalue weighted by Crippen LogP contribution is 2.39. The van der Waals surface area contributed by atoms with Gasteiger partial charge >= 0.3 is 5.97 Å². The van der Waals surface area contributed by atoms with E-state index in [1.165, 1.54) is 18.3 Å². The van der Waals surface area contributed by atoms with Gasteiger partial charge in [-0.15, -0.1) is 11.3 Å². The molecular weight excluding hydrogens is 382 g/mol. The highest BCUT2D eigenvalue weighted by Gasteiger charge is 2.23. The second kappa shape index (κ2) is 9.34. The van der Waals surface area contributed by atoms with Crippen molar-refractivity contribution < 1.29 is 23.9 Å². The van der Waals surface area contributed by atoms with E-state index in [1.54, 1.807) is 6.07 Å². The van der Waals surface area contributed by atoms with Crippen LogP contribution in [0.2, 0.25) is 0 Å². The van der Waals surface area contributed by atoms with Crippen LogP contribution in [-0.2, 0) is 19.1 Å². The largest absolute Gasteiger partial charge is 0.451 e. The summed E-state index contributed by atoms with van der Waals surface area (Å²) in [6.45, 7) is 3.53. The molecule has 0 saturated carbocycles. The number of ether oxygens (including phenoxy) is 2. The quantitative estimate of drug-likeness (QED) is 0.581. The molecule has 2 N–H and O–H groups in total. The molecule has 2 aromatic rings. The number of rotatable bonds is 5. The fourth-order valence-corrected chi connectivity index (χ4v) is 3.83. The molecule has 1 fully saturated rings. The summed E-state index contributed by atoms with van der Waals surface area (Å²) in [7, 11) is 0. The SMILES string of the molecule is CC(=O)NNC(=O)COC(=O)c1cc(-c2ccccc2)c(N2CCOCC2)s1.